The lowest BCUT2D eigenvalue weighted by molar-refractivity contribution is -0.128. The van der Waals surface area contributed by atoms with E-state index in [-0.39, 0.29) is 5.54 Å². The van der Waals surface area contributed by atoms with Crippen molar-refractivity contribution in [3.8, 4) is 0 Å². The van der Waals surface area contributed by atoms with Gasteiger partial charge in [0, 0.05) is 6.42 Å². The van der Waals surface area contributed by atoms with Gasteiger partial charge in [0.15, 0.2) is 5.78 Å². The van der Waals surface area contributed by atoms with Crippen LogP contribution >= 0.6 is 0 Å². The predicted octanol–water partition coefficient (Wildman–Crippen LogP) is 3.65. The third-order valence-electron chi connectivity index (χ3n) is 3.56. The Balaban J connectivity index is 3.66. The van der Waals surface area contributed by atoms with Crippen LogP contribution in [0.2, 0.25) is 0 Å². The lowest BCUT2D eigenvalue weighted by atomic mass is 9.93. The number of carbonyl (C=O) groups excluding carboxylic acids is 1. The van der Waals surface area contributed by atoms with Gasteiger partial charge in [-0.25, -0.2) is 0 Å². The van der Waals surface area contributed by atoms with Crippen LogP contribution in [0.15, 0.2) is 0 Å². The van der Waals surface area contributed by atoms with Gasteiger partial charge in [-0.05, 0) is 34.4 Å². The second kappa shape index (κ2) is 7.83. The third kappa shape index (κ3) is 5.64. The topological polar surface area (TPSA) is 20.3 Å². The first-order valence-electron chi connectivity index (χ1n) is 6.63. The van der Waals surface area contributed by atoms with E-state index < -0.39 is 0 Å². The highest BCUT2D eigenvalue weighted by molar-refractivity contribution is 5.87. The first kappa shape index (κ1) is 15.6. The molecular formula is C14H29NO. The normalized spacial score (nSPS) is 12.1. The summed E-state index contributed by atoms with van der Waals surface area (Å²) in [4.78, 5) is 14.0. The van der Waals surface area contributed by atoms with Crippen LogP contribution in [-0.2, 0) is 4.79 Å². The molecule has 0 heterocycles. The first-order chi connectivity index (χ1) is 7.42. The van der Waals surface area contributed by atoms with Gasteiger partial charge in [0.05, 0.1) is 5.54 Å². The molecule has 2 nitrogen and oxygen atoms in total. The number of Topliss-reactive ketones (excluding diaryl/α,β-unsaturated/α-hetero) is 1. The number of nitrogens with zero attached hydrogens (tertiary/aromatic N) is 1. The minimum absolute atomic E-state index is 0.302. The van der Waals surface area contributed by atoms with Crippen LogP contribution in [0.5, 0.6) is 0 Å². The van der Waals surface area contributed by atoms with Crippen LogP contribution < -0.4 is 0 Å². The van der Waals surface area contributed by atoms with E-state index in [1.54, 1.807) is 0 Å². The van der Waals surface area contributed by atoms with E-state index >= 15 is 0 Å². The maximum absolute atomic E-state index is 12.0. The third-order valence-corrected chi connectivity index (χ3v) is 3.56. The Kier molecular flexibility index (Phi) is 7.65. The Morgan fingerprint density at radius 1 is 1.00 bits per heavy atom. The molecule has 2 heteroatoms. The quantitative estimate of drug-likeness (QED) is 0.560. The zero-order chi connectivity index (χ0) is 12.6. The fourth-order valence-corrected chi connectivity index (χ4v) is 1.62. The standard InChI is InChI=1S/C14H29NO/c1-6-7-8-9-10-11-12-13(16)14(2,3)15(4)5/h6-12H2,1-5H3. The average molecular weight is 227 g/mol. The van der Waals surface area contributed by atoms with Gasteiger partial charge in [0.1, 0.15) is 0 Å². The highest BCUT2D eigenvalue weighted by Crippen LogP contribution is 2.16. The summed E-state index contributed by atoms with van der Waals surface area (Å²) in [6, 6.07) is 0. The number of unbranched alkanes of at least 4 members (excludes halogenated alkanes) is 5. The molecule has 0 amide bonds. The molecule has 0 saturated heterocycles. The highest BCUT2D eigenvalue weighted by Gasteiger charge is 2.28. The van der Waals surface area contributed by atoms with E-state index in [0.717, 1.165) is 12.8 Å². The maximum atomic E-state index is 12.0. The highest BCUT2D eigenvalue weighted by atomic mass is 16.1. The number of likely N-dealkylation sites (N-methyl/N-ethyl adjacent to an activating group) is 1. The van der Waals surface area contributed by atoms with Crippen molar-refractivity contribution in [3.05, 3.63) is 0 Å². The zero-order valence-corrected chi connectivity index (χ0v) is 11.8. The molecule has 0 unspecified atom stereocenters. The van der Waals surface area contributed by atoms with Gasteiger partial charge in [-0.1, -0.05) is 39.0 Å². The van der Waals surface area contributed by atoms with Gasteiger partial charge in [-0.3, -0.25) is 9.69 Å². The molecule has 0 aromatic carbocycles. The summed E-state index contributed by atoms with van der Waals surface area (Å²) >= 11 is 0. The van der Waals surface area contributed by atoms with E-state index in [1.807, 2.05) is 32.8 Å². The molecule has 0 saturated carbocycles. The molecule has 0 atom stereocenters. The molecular weight excluding hydrogens is 198 g/mol. The molecule has 0 bridgehead atoms. The summed E-state index contributed by atoms with van der Waals surface area (Å²) in [5.74, 6) is 0.369. The minimum Gasteiger partial charge on any atom is -0.298 e. The molecule has 0 rings (SSSR count). The molecule has 0 aromatic rings. The fraction of sp³-hybridized carbons (Fsp3) is 0.929. The second-order valence-electron chi connectivity index (χ2n) is 5.39. The fourth-order valence-electron chi connectivity index (χ4n) is 1.62. The van der Waals surface area contributed by atoms with Crippen LogP contribution in [0.3, 0.4) is 0 Å². The lowest BCUT2D eigenvalue weighted by Crippen LogP contribution is -2.45. The summed E-state index contributed by atoms with van der Waals surface area (Å²) in [6.07, 6.45) is 8.21. The second-order valence-corrected chi connectivity index (χ2v) is 5.39. The number of hydrogen-bond donors (Lipinski definition) is 0. The van der Waals surface area contributed by atoms with Crippen molar-refractivity contribution < 1.29 is 4.79 Å². The molecule has 0 fully saturated rings. The van der Waals surface area contributed by atoms with E-state index in [2.05, 4.69) is 6.92 Å². The van der Waals surface area contributed by atoms with Gasteiger partial charge in [-0.2, -0.15) is 0 Å². The Hall–Kier alpha value is -0.370. The van der Waals surface area contributed by atoms with Crippen LogP contribution in [0, 0.1) is 0 Å². The van der Waals surface area contributed by atoms with Gasteiger partial charge in [0.2, 0.25) is 0 Å². The van der Waals surface area contributed by atoms with Crippen molar-refractivity contribution in [1.82, 2.24) is 4.90 Å². The van der Waals surface area contributed by atoms with Crippen molar-refractivity contribution in [2.75, 3.05) is 14.1 Å². The molecule has 0 spiro atoms. The summed E-state index contributed by atoms with van der Waals surface area (Å²) < 4.78 is 0. The van der Waals surface area contributed by atoms with E-state index in [9.17, 15) is 4.79 Å². The summed E-state index contributed by atoms with van der Waals surface area (Å²) in [5, 5.41) is 0. The maximum Gasteiger partial charge on any atom is 0.152 e. The van der Waals surface area contributed by atoms with Gasteiger partial charge in [0.25, 0.3) is 0 Å². The number of carbonyl (C=O) groups is 1. The summed E-state index contributed by atoms with van der Waals surface area (Å²) in [6.45, 7) is 6.24. The SMILES string of the molecule is CCCCCCCCC(=O)C(C)(C)N(C)C. The number of hydrogen-bond acceptors (Lipinski definition) is 2. The van der Waals surface area contributed by atoms with E-state index in [1.165, 1.54) is 32.1 Å². The van der Waals surface area contributed by atoms with Crippen LogP contribution in [-0.4, -0.2) is 30.3 Å². The van der Waals surface area contributed by atoms with Gasteiger partial charge < -0.3 is 0 Å². The monoisotopic (exact) mass is 227 g/mol. The molecule has 0 radical (unpaired) electrons. The first-order valence-corrected chi connectivity index (χ1v) is 6.63. The van der Waals surface area contributed by atoms with Crippen molar-refractivity contribution in [2.24, 2.45) is 0 Å². The van der Waals surface area contributed by atoms with Crippen LogP contribution in [0.4, 0.5) is 0 Å². The van der Waals surface area contributed by atoms with Crippen LogP contribution in [0.1, 0.15) is 65.7 Å². The molecule has 0 aromatic heterocycles. The number of rotatable bonds is 9. The van der Waals surface area contributed by atoms with Crippen molar-refractivity contribution in [3.63, 3.8) is 0 Å². The number of ketones is 1. The molecule has 0 N–H and O–H groups in total. The van der Waals surface area contributed by atoms with Crippen LogP contribution in [0.25, 0.3) is 0 Å². The Bertz CT molecular complexity index is 197. The molecule has 0 aliphatic heterocycles. The smallest absolute Gasteiger partial charge is 0.152 e. The predicted molar refractivity (Wildman–Crippen MR) is 70.8 cm³/mol. The summed E-state index contributed by atoms with van der Waals surface area (Å²) in [7, 11) is 3.94. The van der Waals surface area contributed by atoms with Crippen molar-refractivity contribution >= 4 is 5.78 Å². The largest absolute Gasteiger partial charge is 0.298 e. The van der Waals surface area contributed by atoms with E-state index in [0.29, 0.717) is 5.78 Å². The molecule has 16 heavy (non-hydrogen) atoms. The lowest BCUT2D eigenvalue weighted by Gasteiger charge is -2.30. The summed E-state index contributed by atoms with van der Waals surface area (Å²) in [5.41, 5.74) is -0.302. The van der Waals surface area contributed by atoms with Gasteiger partial charge in [-0.15, -0.1) is 0 Å². The van der Waals surface area contributed by atoms with Crippen molar-refractivity contribution in [2.45, 2.75) is 71.3 Å². The van der Waals surface area contributed by atoms with Crippen molar-refractivity contribution in [1.29, 1.82) is 0 Å². The Morgan fingerprint density at radius 3 is 2.00 bits per heavy atom. The molecule has 0 aliphatic rings. The Morgan fingerprint density at radius 2 is 1.50 bits per heavy atom. The Labute approximate surface area is 101 Å². The minimum atomic E-state index is -0.302. The molecule has 0 aliphatic carbocycles. The average Bonchev–Trinajstić information content (AvgIpc) is 2.22. The zero-order valence-electron chi connectivity index (χ0n) is 11.8. The van der Waals surface area contributed by atoms with E-state index in [4.69, 9.17) is 0 Å². The van der Waals surface area contributed by atoms with Gasteiger partial charge >= 0.3 is 0 Å². The molecule has 96 valence electrons.